The van der Waals surface area contributed by atoms with Crippen LogP contribution < -0.4 is 0 Å². The first-order valence-corrected chi connectivity index (χ1v) is 7.64. The molecule has 0 saturated carbocycles. The topological polar surface area (TPSA) is 57.5 Å². The van der Waals surface area contributed by atoms with Gasteiger partial charge in [-0.3, -0.25) is 4.79 Å². The molecule has 0 fully saturated rings. The number of carboxylic acids is 1. The van der Waals surface area contributed by atoms with Crippen LogP contribution >= 0.6 is 0 Å². The van der Waals surface area contributed by atoms with Crippen LogP contribution in [0.1, 0.15) is 51.9 Å². The van der Waals surface area contributed by atoms with E-state index in [-0.39, 0.29) is 12.5 Å². The molecule has 0 aromatic heterocycles. The summed E-state index contributed by atoms with van der Waals surface area (Å²) in [5.41, 5.74) is 0. The van der Waals surface area contributed by atoms with E-state index in [4.69, 9.17) is 5.11 Å². The number of aliphatic hydroxyl groups excluding tert-OH is 1. The minimum atomic E-state index is -0.715. The van der Waals surface area contributed by atoms with E-state index in [1.165, 1.54) is 0 Å². The molecular weight excluding hydrogens is 264 g/mol. The molecule has 0 rings (SSSR count). The van der Waals surface area contributed by atoms with Crippen molar-refractivity contribution in [3.8, 4) is 0 Å². The highest BCUT2D eigenvalue weighted by Gasteiger charge is 1.94. The Morgan fingerprint density at radius 1 is 1.00 bits per heavy atom. The molecule has 21 heavy (non-hydrogen) atoms. The van der Waals surface area contributed by atoms with Crippen molar-refractivity contribution in [3.05, 3.63) is 48.6 Å². The highest BCUT2D eigenvalue weighted by molar-refractivity contribution is 5.66. The van der Waals surface area contributed by atoms with Gasteiger partial charge in [-0.1, -0.05) is 48.6 Å². The standard InChI is InChI=1S/C18H28O3/c1-2-14-17(19)15-12-10-8-6-4-3-5-7-9-11-13-16-18(20)21/h2,4-7,10,12,14,17,19H,3,8-9,11,13,15-16H2,1H3,(H,20,21)/b6-4-,7-5-,12-10-,14-2+. The van der Waals surface area contributed by atoms with Crippen LogP contribution in [0.4, 0.5) is 0 Å². The van der Waals surface area contributed by atoms with Gasteiger partial charge in [-0.25, -0.2) is 0 Å². The summed E-state index contributed by atoms with van der Waals surface area (Å²) in [4.78, 5) is 10.3. The van der Waals surface area contributed by atoms with E-state index in [9.17, 15) is 9.90 Å². The van der Waals surface area contributed by atoms with E-state index >= 15 is 0 Å². The maximum absolute atomic E-state index is 10.3. The monoisotopic (exact) mass is 292 g/mol. The summed E-state index contributed by atoms with van der Waals surface area (Å²) in [6.45, 7) is 1.90. The lowest BCUT2D eigenvalue weighted by Crippen LogP contribution is -1.98. The second kappa shape index (κ2) is 14.8. The third-order valence-corrected chi connectivity index (χ3v) is 2.85. The zero-order chi connectivity index (χ0) is 15.8. The molecule has 3 nitrogen and oxygen atoms in total. The minimum Gasteiger partial charge on any atom is -0.481 e. The number of aliphatic carboxylic acids is 1. The summed E-state index contributed by atoms with van der Waals surface area (Å²) < 4.78 is 0. The summed E-state index contributed by atoms with van der Waals surface area (Å²) in [7, 11) is 0. The molecule has 0 aromatic carbocycles. The highest BCUT2D eigenvalue weighted by Crippen LogP contribution is 2.02. The fourth-order valence-electron chi connectivity index (χ4n) is 1.73. The third kappa shape index (κ3) is 16.3. The molecule has 118 valence electrons. The van der Waals surface area contributed by atoms with Gasteiger partial charge in [-0.05, 0) is 45.4 Å². The quantitative estimate of drug-likeness (QED) is 0.414. The Labute approximate surface area is 128 Å². The largest absolute Gasteiger partial charge is 0.481 e. The lowest BCUT2D eigenvalue weighted by atomic mass is 10.2. The van der Waals surface area contributed by atoms with E-state index in [1.54, 1.807) is 6.08 Å². The first kappa shape index (κ1) is 19.4. The van der Waals surface area contributed by atoms with Crippen molar-refractivity contribution in [2.45, 2.75) is 58.0 Å². The van der Waals surface area contributed by atoms with Crippen molar-refractivity contribution in [1.29, 1.82) is 0 Å². The number of unbranched alkanes of at least 4 members (excludes halogenated alkanes) is 2. The van der Waals surface area contributed by atoms with Crippen LogP contribution in [-0.2, 0) is 4.79 Å². The van der Waals surface area contributed by atoms with Gasteiger partial charge in [0.2, 0.25) is 0 Å². The zero-order valence-electron chi connectivity index (χ0n) is 12.9. The first-order chi connectivity index (χ1) is 10.2. The fraction of sp³-hybridized carbons (Fsp3) is 0.500. The van der Waals surface area contributed by atoms with Gasteiger partial charge in [0.05, 0.1) is 6.10 Å². The average Bonchev–Trinajstić information content (AvgIpc) is 2.44. The fourth-order valence-corrected chi connectivity index (χ4v) is 1.73. The summed E-state index contributed by atoms with van der Waals surface area (Å²) in [6.07, 6.45) is 21.1. The molecule has 0 radical (unpaired) electrons. The van der Waals surface area contributed by atoms with Crippen molar-refractivity contribution in [2.75, 3.05) is 0 Å². The lowest BCUT2D eigenvalue weighted by molar-refractivity contribution is -0.137. The van der Waals surface area contributed by atoms with Crippen LogP contribution in [-0.4, -0.2) is 22.3 Å². The Hall–Kier alpha value is -1.61. The van der Waals surface area contributed by atoms with Crippen LogP contribution in [0.5, 0.6) is 0 Å². The van der Waals surface area contributed by atoms with E-state index in [2.05, 4.69) is 30.4 Å². The number of allylic oxidation sites excluding steroid dienone is 6. The van der Waals surface area contributed by atoms with Crippen molar-refractivity contribution in [2.24, 2.45) is 0 Å². The van der Waals surface area contributed by atoms with Gasteiger partial charge >= 0.3 is 5.97 Å². The number of hydrogen-bond donors (Lipinski definition) is 2. The smallest absolute Gasteiger partial charge is 0.303 e. The Bertz CT molecular complexity index is 365. The van der Waals surface area contributed by atoms with E-state index < -0.39 is 5.97 Å². The summed E-state index contributed by atoms with van der Waals surface area (Å²) in [6, 6.07) is 0. The molecule has 1 unspecified atom stereocenters. The molecule has 3 heteroatoms. The zero-order valence-corrected chi connectivity index (χ0v) is 12.9. The molecular formula is C18H28O3. The number of rotatable bonds is 12. The molecule has 0 spiro atoms. The molecule has 0 aromatic rings. The molecule has 0 bridgehead atoms. The SMILES string of the molecule is C/C=C/C(O)C/C=C\C/C=C\C/C=C\CCCCC(=O)O. The van der Waals surface area contributed by atoms with Crippen LogP contribution in [0.3, 0.4) is 0 Å². The predicted octanol–water partition coefficient (Wildman–Crippen LogP) is 4.41. The van der Waals surface area contributed by atoms with Gasteiger partial charge in [0.15, 0.2) is 0 Å². The van der Waals surface area contributed by atoms with Crippen LogP contribution in [0.25, 0.3) is 0 Å². The maximum atomic E-state index is 10.3. The summed E-state index contributed by atoms with van der Waals surface area (Å²) >= 11 is 0. The van der Waals surface area contributed by atoms with Crippen molar-refractivity contribution >= 4 is 5.97 Å². The normalized spacial score (nSPS) is 14.0. The Morgan fingerprint density at radius 2 is 1.62 bits per heavy atom. The number of aliphatic hydroxyl groups is 1. The number of hydrogen-bond acceptors (Lipinski definition) is 2. The van der Waals surface area contributed by atoms with Gasteiger partial charge in [0.25, 0.3) is 0 Å². The number of carbonyl (C=O) groups is 1. The third-order valence-electron chi connectivity index (χ3n) is 2.85. The summed E-state index contributed by atoms with van der Waals surface area (Å²) in [5.74, 6) is -0.715. The molecule has 2 N–H and O–H groups in total. The molecule has 0 saturated heterocycles. The molecule has 0 aliphatic rings. The van der Waals surface area contributed by atoms with Crippen molar-refractivity contribution < 1.29 is 15.0 Å². The molecule has 0 heterocycles. The second-order valence-corrected chi connectivity index (χ2v) is 4.85. The van der Waals surface area contributed by atoms with Gasteiger partial charge in [0.1, 0.15) is 0 Å². The first-order valence-electron chi connectivity index (χ1n) is 7.64. The Kier molecular flexibility index (Phi) is 13.7. The lowest BCUT2D eigenvalue weighted by Gasteiger charge is -1.98. The van der Waals surface area contributed by atoms with Gasteiger partial charge in [0, 0.05) is 6.42 Å². The molecule has 0 amide bonds. The van der Waals surface area contributed by atoms with Gasteiger partial charge in [-0.2, -0.15) is 0 Å². The van der Waals surface area contributed by atoms with Crippen LogP contribution in [0, 0.1) is 0 Å². The van der Waals surface area contributed by atoms with Crippen molar-refractivity contribution in [1.82, 2.24) is 0 Å². The average molecular weight is 292 g/mol. The van der Waals surface area contributed by atoms with Crippen LogP contribution in [0.15, 0.2) is 48.6 Å². The van der Waals surface area contributed by atoms with E-state index in [0.29, 0.717) is 6.42 Å². The highest BCUT2D eigenvalue weighted by atomic mass is 16.4. The molecule has 0 aliphatic heterocycles. The second-order valence-electron chi connectivity index (χ2n) is 4.85. The minimum absolute atomic E-state index is 0.267. The van der Waals surface area contributed by atoms with Crippen molar-refractivity contribution in [3.63, 3.8) is 0 Å². The van der Waals surface area contributed by atoms with Crippen LogP contribution in [0.2, 0.25) is 0 Å². The number of carboxylic acid groups (broad SMARTS) is 1. The van der Waals surface area contributed by atoms with E-state index in [0.717, 1.165) is 32.1 Å². The van der Waals surface area contributed by atoms with Gasteiger partial charge < -0.3 is 10.2 Å². The van der Waals surface area contributed by atoms with E-state index in [1.807, 2.05) is 19.1 Å². The molecule has 1 atom stereocenters. The Balaban J connectivity index is 3.47. The maximum Gasteiger partial charge on any atom is 0.303 e. The van der Waals surface area contributed by atoms with Gasteiger partial charge in [-0.15, -0.1) is 0 Å². The predicted molar refractivity (Wildman–Crippen MR) is 88.2 cm³/mol. The molecule has 0 aliphatic carbocycles. The Morgan fingerprint density at radius 3 is 2.24 bits per heavy atom. The summed E-state index contributed by atoms with van der Waals surface area (Å²) in [5, 5.41) is 17.9.